The highest BCUT2D eigenvalue weighted by molar-refractivity contribution is 9.10. The Balaban J connectivity index is 2.15. The highest BCUT2D eigenvalue weighted by Gasteiger charge is 2.30. The molecule has 1 aliphatic heterocycles. The Kier molecular flexibility index (Phi) is 4.48. The number of benzene rings is 1. The molecule has 1 amide bonds. The molecule has 1 saturated heterocycles. The maximum absolute atomic E-state index is 12.0. The first-order valence-electron chi connectivity index (χ1n) is 6.04. The molecule has 0 radical (unpaired) electrons. The Bertz CT molecular complexity index is 632. The van der Waals surface area contributed by atoms with Crippen LogP contribution in [0.2, 0.25) is 0 Å². The molecule has 2 atom stereocenters. The number of ether oxygens (including phenoxy) is 1. The van der Waals surface area contributed by atoms with Crippen LogP contribution in [0.15, 0.2) is 27.6 Å². The van der Waals surface area contributed by atoms with E-state index in [1.165, 1.54) is 18.2 Å². The van der Waals surface area contributed by atoms with E-state index in [1.807, 2.05) is 6.92 Å². The zero-order chi connectivity index (χ0) is 14.9. The van der Waals surface area contributed by atoms with Crippen molar-refractivity contribution in [2.75, 3.05) is 11.9 Å². The number of rotatable bonds is 3. The van der Waals surface area contributed by atoms with E-state index >= 15 is 0 Å². The summed E-state index contributed by atoms with van der Waals surface area (Å²) in [6, 6.07) is 4.33. The van der Waals surface area contributed by atoms with Gasteiger partial charge in [0.15, 0.2) is 0 Å². The van der Waals surface area contributed by atoms with Crippen LogP contribution in [0.25, 0.3) is 0 Å². The van der Waals surface area contributed by atoms with Crippen molar-refractivity contribution in [3.8, 4) is 0 Å². The Labute approximate surface area is 125 Å². The summed E-state index contributed by atoms with van der Waals surface area (Å²) in [5, 5.41) is 7.77. The van der Waals surface area contributed by atoms with Crippen LogP contribution in [0.5, 0.6) is 0 Å². The Morgan fingerprint density at radius 2 is 2.20 bits per heavy atom. The van der Waals surface area contributed by atoms with Crippen LogP contribution in [-0.4, -0.2) is 27.0 Å². The van der Waals surface area contributed by atoms with E-state index in [4.69, 9.17) is 9.88 Å². The average molecular weight is 363 g/mol. The van der Waals surface area contributed by atoms with Crippen molar-refractivity contribution in [2.24, 2.45) is 11.1 Å². The Morgan fingerprint density at radius 3 is 2.70 bits per heavy atom. The molecule has 0 spiro atoms. The second-order valence-electron chi connectivity index (χ2n) is 4.74. The van der Waals surface area contributed by atoms with Gasteiger partial charge in [0.25, 0.3) is 5.91 Å². The van der Waals surface area contributed by atoms with Crippen LogP contribution in [0.4, 0.5) is 5.69 Å². The number of hydrogen-bond donors (Lipinski definition) is 2. The molecular formula is C12H15BrN2O4S. The summed E-state index contributed by atoms with van der Waals surface area (Å²) in [6.45, 7) is 2.53. The number of sulfonamides is 1. The number of nitrogens with two attached hydrogens (primary N) is 1. The molecule has 6 nitrogen and oxygen atoms in total. The van der Waals surface area contributed by atoms with Crippen molar-refractivity contribution < 1.29 is 17.9 Å². The van der Waals surface area contributed by atoms with Gasteiger partial charge in [-0.25, -0.2) is 13.6 Å². The van der Waals surface area contributed by atoms with Gasteiger partial charge in [0.2, 0.25) is 10.0 Å². The largest absolute Gasteiger partial charge is 0.368 e. The molecule has 0 aliphatic carbocycles. The predicted octanol–water partition coefficient (Wildman–Crippen LogP) is 1.46. The zero-order valence-electron chi connectivity index (χ0n) is 10.8. The van der Waals surface area contributed by atoms with E-state index in [0.29, 0.717) is 16.8 Å². The van der Waals surface area contributed by atoms with E-state index in [2.05, 4.69) is 21.2 Å². The first kappa shape index (κ1) is 15.4. The van der Waals surface area contributed by atoms with Gasteiger partial charge in [0.1, 0.15) is 6.10 Å². The Morgan fingerprint density at radius 1 is 1.50 bits per heavy atom. The molecule has 1 aromatic carbocycles. The van der Waals surface area contributed by atoms with E-state index in [1.54, 1.807) is 0 Å². The van der Waals surface area contributed by atoms with Crippen LogP contribution in [0.1, 0.15) is 13.3 Å². The number of carbonyl (C=O) groups is 1. The standard InChI is InChI=1S/C12H15BrN2O4S/c1-7-4-5-19-11(7)12(16)15-8-2-3-10(9(13)6-8)20(14,17)18/h2-3,6-7,11H,4-5H2,1H3,(H,15,16)(H2,14,17,18). The van der Waals surface area contributed by atoms with Crippen molar-refractivity contribution in [1.29, 1.82) is 0 Å². The van der Waals surface area contributed by atoms with Gasteiger partial charge in [-0.05, 0) is 46.5 Å². The molecule has 20 heavy (non-hydrogen) atoms. The number of primary sulfonamides is 1. The quantitative estimate of drug-likeness (QED) is 0.849. The van der Waals surface area contributed by atoms with E-state index in [9.17, 15) is 13.2 Å². The number of carbonyl (C=O) groups excluding carboxylic acids is 1. The number of nitrogens with one attached hydrogen (secondary N) is 1. The normalized spacial score (nSPS) is 22.8. The molecule has 2 unspecified atom stereocenters. The third-order valence-electron chi connectivity index (χ3n) is 3.15. The van der Waals surface area contributed by atoms with Crippen LogP contribution < -0.4 is 10.5 Å². The van der Waals surface area contributed by atoms with Gasteiger partial charge < -0.3 is 10.1 Å². The molecule has 1 fully saturated rings. The first-order valence-corrected chi connectivity index (χ1v) is 8.38. The van der Waals surface area contributed by atoms with Gasteiger partial charge in [-0.2, -0.15) is 0 Å². The fraction of sp³-hybridized carbons (Fsp3) is 0.417. The maximum Gasteiger partial charge on any atom is 0.253 e. The minimum atomic E-state index is -3.79. The molecule has 110 valence electrons. The van der Waals surface area contributed by atoms with Crippen molar-refractivity contribution in [3.63, 3.8) is 0 Å². The summed E-state index contributed by atoms with van der Waals surface area (Å²) in [4.78, 5) is 12.0. The van der Waals surface area contributed by atoms with E-state index in [0.717, 1.165) is 6.42 Å². The van der Waals surface area contributed by atoms with Gasteiger partial charge in [0.05, 0.1) is 4.90 Å². The second-order valence-corrected chi connectivity index (χ2v) is 7.12. The molecule has 3 N–H and O–H groups in total. The number of amides is 1. The van der Waals surface area contributed by atoms with Crippen molar-refractivity contribution in [1.82, 2.24) is 0 Å². The minimum absolute atomic E-state index is 0.0269. The first-order chi connectivity index (χ1) is 9.29. The highest BCUT2D eigenvalue weighted by Crippen LogP contribution is 2.26. The van der Waals surface area contributed by atoms with Gasteiger partial charge in [-0.1, -0.05) is 6.92 Å². The molecule has 0 aromatic heterocycles. The van der Waals surface area contributed by atoms with Crippen LogP contribution >= 0.6 is 15.9 Å². The molecule has 0 saturated carbocycles. The van der Waals surface area contributed by atoms with Gasteiger partial charge in [-0.3, -0.25) is 4.79 Å². The molecule has 8 heteroatoms. The van der Waals surface area contributed by atoms with Crippen molar-refractivity contribution in [3.05, 3.63) is 22.7 Å². The van der Waals surface area contributed by atoms with Gasteiger partial charge >= 0.3 is 0 Å². The van der Waals surface area contributed by atoms with Gasteiger partial charge in [-0.15, -0.1) is 0 Å². The third kappa shape index (κ3) is 3.38. The molecule has 1 aromatic rings. The zero-order valence-corrected chi connectivity index (χ0v) is 13.2. The number of hydrogen-bond acceptors (Lipinski definition) is 4. The lowest BCUT2D eigenvalue weighted by molar-refractivity contribution is -0.126. The smallest absolute Gasteiger partial charge is 0.253 e. The fourth-order valence-electron chi connectivity index (χ4n) is 2.05. The van der Waals surface area contributed by atoms with Crippen molar-refractivity contribution in [2.45, 2.75) is 24.3 Å². The summed E-state index contributed by atoms with van der Waals surface area (Å²) in [7, 11) is -3.79. The maximum atomic E-state index is 12.0. The van der Waals surface area contributed by atoms with Gasteiger partial charge in [0, 0.05) is 16.8 Å². The van der Waals surface area contributed by atoms with Crippen molar-refractivity contribution >= 4 is 37.5 Å². The summed E-state index contributed by atoms with van der Waals surface area (Å²) in [5.41, 5.74) is 0.483. The SMILES string of the molecule is CC1CCOC1C(=O)Nc1ccc(S(N)(=O)=O)c(Br)c1. The third-order valence-corrected chi connectivity index (χ3v) is 5.04. The average Bonchev–Trinajstić information content (AvgIpc) is 2.73. The summed E-state index contributed by atoms with van der Waals surface area (Å²) >= 11 is 3.13. The van der Waals surface area contributed by atoms with E-state index in [-0.39, 0.29) is 16.7 Å². The molecule has 1 heterocycles. The topological polar surface area (TPSA) is 98.5 Å². The molecule has 0 bridgehead atoms. The predicted molar refractivity (Wildman–Crippen MR) is 77.7 cm³/mol. The summed E-state index contributed by atoms with van der Waals surface area (Å²) < 4.78 is 28.2. The number of halogens is 1. The van der Waals surface area contributed by atoms with Crippen LogP contribution in [0, 0.1) is 5.92 Å². The second kappa shape index (κ2) is 5.80. The molecule has 2 rings (SSSR count). The molecule has 1 aliphatic rings. The minimum Gasteiger partial charge on any atom is -0.368 e. The lowest BCUT2D eigenvalue weighted by atomic mass is 10.0. The fourth-order valence-corrected chi connectivity index (χ4v) is 3.70. The summed E-state index contributed by atoms with van der Waals surface area (Å²) in [6.07, 6.45) is 0.387. The lowest BCUT2D eigenvalue weighted by Gasteiger charge is -2.15. The summed E-state index contributed by atoms with van der Waals surface area (Å²) in [5.74, 6) is -0.0626. The monoisotopic (exact) mass is 362 g/mol. The van der Waals surface area contributed by atoms with E-state index < -0.39 is 16.1 Å². The Hall–Kier alpha value is -0.960. The van der Waals surface area contributed by atoms with Crippen LogP contribution in [0.3, 0.4) is 0 Å². The van der Waals surface area contributed by atoms with Crippen LogP contribution in [-0.2, 0) is 19.6 Å². The highest BCUT2D eigenvalue weighted by atomic mass is 79.9. The lowest BCUT2D eigenvalue weighted by Crippen LogP contribution is -2.31. The molecular weight excluding hydrogens is 348 g/mol. The number of anilines is 1.